The lowest BCUT2D eigenvalue weighted by Gasteiger charge is -2.15. The highest BCUT2D eigenvalue weighted by Gasteiger charge is 2.18. The lowest BCUT2D eigenvalue weighted by atomic mass is 9.92. The van der Waals surface area contributed by atoms with E-state index in [1.807, 2.05) is 24.5 Å². The van der Waals surface area contributed by atoms with Crippen LogP contribution in [0.5, 0.6) is 0 Å². The van der Waals surface area contributed by atoms with Gasteiger partial charge in [-0.3, -0.25) is 0 Å². The lowest BCUT2D eigenvalue weighted by molar-refractivity contribution is 0.897. The lowest BCUT2D eigenvalue weighted by Crippen LogP contribution is -2.04. The fourth-order valence-corrected chi connectivity index (χ4v) is 3.92. The summed E-state index contributed by atoms with van der Waals surface area (Å²) in [6, 6.07) is 25.4. The number of H-pyrrole nitrogens is 2. The Morgan fingerprint density at radius 3 is 1.67 bits per heavy atom. The second-order valence-electron chi connectivity index (χ2n) is 7.47. The number of hydrogen-bond acceptors (Lipinski definition) is 0. The van der Waals surface area contributed by atoms with E-state index in [0.717, 1.165) is 11.1 Å². The van der Waals surface area contributed by atoms with Gasteiger partial charge in [0.1, 0.15) is 0 Å². The first-order valence-corrected chi connectivity index (χ1v) is 10.2. The molecule has 144 valence electrons. The molecule has 1 aliphatic carbocycles. The first-order chi connectivity index (χ1) is 14.9. The largest absolute Gasteiger partial charge is 0.364 e. The third kappa shape index (κ3) is 3.79. The van der Waals surface area contributed by atoms with Crippen molar-refractivity contribution in [1.82, 2.24) is 9.97 Å². The van der Waals surface area contributed by atoms with E-state index >= 15 is 0 Å². The van der Waals surface area contributed by atoms with Crippen LogP contribution in [0.1, 0.15) is 45.5 Å². The second-order valence-corrected chi connectivity index (χ2v) is 7.47. The first-order valence-electron chi connectivity index (χ1n) is 10.2. The summed E-state index contributed by atoms with van der Waals surface area (Å²) in [5.41, 5.74) is 6.92. The molecule has 0 bridgehead atoms. The van der Waals surface area contributed by atoms with Gasteiger partial charge in [0, 0.05) is 40.8 Å². The highest BCUT2D eigenvalue weighted by atomic mass is 14.7. The minimum absolute atomic E-state index is 0.156. The minimum Gasteiger partial charge on any atom is -0.364 e. The molecule has 2 N–H and O–H groups in total. The van der Waals surface area contributed by atoms with Crippen molar-refractivity contribution in [2.75, 3.05) is 0 Å². The fraction of sp³-hybridized carbons (Fsp3) is 0.0714. The Balaban J connectivity index is 1.35. The van der Waals surface area contributed by atoms with E-state index < -0.39 is 0 Å². The fourth-order valence-electron chi connectivity index (χ4n) is 3.92. The molecule has 0 amide bonds. The topological polar surface area (TPSA) is 31.6 Å². The summed E-state index contributed by atoms with van der Waals surface area (Å²) in [6.45, 7) is 0. The predicted octanol–water partition coefficient (Wildman–Crippen LogP) is 6.13. The standard InChI is InChI=1S/C28H22N2/c1-2-6-23(5-1)24-15-11-21(12-16-24)9-10-22-13-17-25(18-14-22)28(26-7-3-19-29-26)27-8-4-20-30-27/h1-8,11-20,23,28-30H. The Bertz CT molecular complexity index is 1160. The van der Waals surface area contributed by atoms with Crippen LogP contribution in [0, 0.1) is 11.8 Å². The quantitative estimate of drug-likeness (QED) is 0.395. The number of hydrogen-bond donors (Lipinski definition) is 2. The molecule has 0 atom stereocenters. The van der Waals surface area contributed by atoms with E-state index in [4.69, 9.17) is 0 Å². The average molecular weight is 386 g/mol. The molecule has 0 saturated carbocycles. The third-order valence-corrected chi connectivity index (χ3v) is 5.50. The van der Waals surface area contributed by atoms with Crippen LogP contribution in [-0.4, -0.2) is 9.97 Å². The van der Waals surface area contributed by atoms with E-state index in [1.165, 1.54) is 22.5 Å². The molecule has 2 aromatic carbocycles. The molecule has 5 rings (SSSR count). The molecule has 0 fully saturated rings. The van der Waals surface area contributed by atoms with E-state index in [-0.39, 0.29) is 5.92 Å². The van der Waals surface area contributed by atoms with Crippen LogP contribution in [0.3, 0.4) is 0 Å². The maximum Gasteiger partial charge on any atom is 0.0641 e. The summed E-state index contributed by atoms with van der Waals surface area (Å²) in [6.07, 6.45) is 12.5. The number of aromatic nitrogens is 2. The predicted molar refractivity (Wildman–Crippen MR) is 122 cm³/mol. The molecular weight excluding hydrogens is 364 g/mol. The summed E-state index contributed by atoms with van der Waals surface area (Å²) < 4.78 is 0. The number of nitrogens with one attached hydrogen (secondary N) is 2. The Kier molecular flexibility index (Phi) is 4.94. The van der Waals surface area contributed by atoms with Crippen LogP contribution < -0.4 is 0 Å². The van der Waals surface area contributed by atoms with Crippen LogP contribution in [-0.2, 0) is 0 Å². The number of rotatable bonds is 4. The van der Waals surface area contributed by atoms with Crippen LogP contribution in [0.15, 0.2) is 109 Å². The summed E-state index contributed by atoms with van der Waals surface area (Å²) in [4.78, 5) is 6.71. The number of benzene rings is 2. The molecule has 0 unspecified atom stereocenters. The maximum atomic E-state index is 3.35. The molecule has 4 aromatic rings. The molecule has 2 heterocycles. The van der Waals surface area contributed by atoms with Gasteiger partial charge in [0.2, 0.25) is 0 Å². The van der Waals surface area contributed by atoms with Crippen molar-refractivity contribution < 1.29 is 0 Å². The smallest absolute Gasteiger partial charge is 0.0641 e. The Labute approximate surface area is 177 Å². The van der Waals surface area contributed by atoms with Gasteiger partial charge >= 0.3 is 0 Å². The summed E-state index contributed by atoms with van der Waals surface area (Å²) in [5, 5.41) is 0. The van der Waals surface area contributed by atoms with E-state index in [1.54, 1.807) is 0 Å². The van der Waals surface area contributed by atoms with E-state index in [2.05, 4.69) is 107 Å². The number of allylic oxidation sites excluding steroid dienone is 4. The molecule has 2 nitrogen and oxygen atoms in total. The van der Waals surface area contributed by atoms with Gasteiger partial charge < -0.3 is 9.97 Å². The molecule has 30 heavy (non-hydrogen) atoms. The SMILES string of the molecule is C(#Cc1ccc(C(c2ccc[nH]2)c2ccc[nH]2)cc1)c1ccc(C2C=CC=C2)cc1. The molecule has 0 spiro atoms. The van der Waals surface area contributed by atoms with Crippen molar-refractivity contribution in [3.8, 4) is 11.8 Å². The van der Waals surface area contributed by atoms with Gasteiger partial charge in [-0.2, -0.15) is 0 Å². The van der Waals surface area contributed by atoms with Crippen LogP contribution >= 0.6 is 0 Å². The van der Waals surface area contributed by atoms with Gasteiger partial charge in [-0.05, 0) is 59.7 Å². The highest BCUT2D eigenvalue weighted by Crippen LogP contribution is 2.30. The van der Waals surface area contributed by atoms with Crippen LogP contribution in [0.25, 0.3) is 0 Å². The average Bonchev–Trinajstić information content (AvgIpc) is 3.58. The normalized spacial score (nSPS) is 13.0. The number of aromatic amines is 2. The maximum absolute atomic E-state index is 3.35. The zero-order chi connectivity index (χ0) is 20.2. The molecule has 2 heteroatoms. The zero-order valence-electron chi connectivity index (χ0n) is 16.5. The van der Waals surface area contributed by atoms with Crippen molar-refractivity contribution in [2.45, 2.75) is 11.8 Å². The van der Waals surface area contributed by atoms with E-state index in [9.17, 15) is 0 Å². The van der Waals surface area contributed by atoms with Crippen molar-refractivity contribution >= 4 is 0 Å². The Hall–Kier alpha value is -3.96. The van der Waals surface area contributed by atoms with Gasteiger partial charge in [0.25, 0.3) is 0 Å². The van der Waals surface area contributed by atoms with Gasteiger partial charge in [-0.15, -0.1) is 0 Å². The molecule has 2 aromatic heterocycles. The van der Waals surface area contributed by atoms with Gasteiger partial charge in [-0.1, -0.05) is 60.4 Å². The second kappa shape index (κ2) is 8.19. The van der Waals surface area contributed by atoms with Crippen LogP contribution in [0.2, 0.25) is 0 Å². The van der Waals surface area contributed by atoms with E-state index in [0.29, 0.717) is 5.92 Å². The molecule has 1 aliphatic rings. The molecular formula is C28H22N2. The third-order valence-electron chi connectivity index (χ3n) is 5.50. The molecule has 0 radical (unpaired) electrons. The summed E-state index contributed by atoms with van der Waals surface area (Å²) >= 11 is 0. The Morgan fingerprint density at radius 2 is 1.17 bits per heavy atom. The van der Waals surface area contributed by atoms with Gasteiger partial charge in [0.15, 0.2) is 0 Å². The van der Waals surface area contributed by atoms with Gasteiger partial charge in [-0.25, -0.2) is 0 Å². The zero-order valence-corrected chi connectivity index (χ0v) is 16.5. The summed E-state index contributed by atoms with van der Waals surface area (Å²) in [7, 11) is 0. The molecule has 0 aliphatic heterocycles. The minimum atomic E-state index is 0.156. The monoisotopic (exact) mass is 386 g/mol. The Morgan fingerprint density at radius 1 is 0.633 bits per heavy atom. The van der Waals surface area contributed by atoms with Crippen molar-refractivity contribution in [2.24, 2.45) is 0 Å². The van der Waals surface area contributed by atoms with Gasteiger partial charge in [0.05, 0.1) is 5.92 Å². The van der Waals surface area contributed by atoms with Crippen molar-refractivity contribution in [3.05, 3.63) is 143 Å². The summed E-state index contributed by atoms with van der Waals surface area (Å²) in [5.74, 6) is 7.13. The highest BCUT2D eigenvalue weighted by molar-refractivity contribution is 5.47. The first kappa shape index (κ1) is 18.1. The van der Waals surface area contributed by atoms with Crippen molar-refractivity contribution in [3.63, 3.8) is 0 Å². The molecule has 0 saturated heterocycles. The van der Waals surface area contributed by atoms with Crippen molar-refractivity contribution in [1.29, 1.82) is 0 Å². The van der Waals surface area contributed by atoms with Crippen LogP contribution in [0.4, 0.5) is 0 Å².